The molecule has 3 N–H and O–H groups in total. The first-order valence-corrected chi connectivity index (χ1v) is 38.5. The SMILES string of the molecule is C.C.CC#CCC(C)C(=O)/C=C/[C@H]1[C@H](O)CC2C/C(=C\CCCC(=O)OC)C[C@@H]21.CC#CCC(C)C(=O)/C=C/[C@H]1[C@H](OC2CCCCO2)CC2C/C(=C\CCCC(=O)OC)C[C@@H]21.CC#CCC(C)[C@@H](O)/C=C/[C@H]1[C@H](O)CC2C/C(=C\CCCC(=O)OC)C[C@@H]21.CCOC(C)=O.CI.[O]=[Mn]=[O]. The van der Waals surface area contributed by atoms with Crippen molar-refractivity contribution in [3.63, 3.8) is 0 Å². The quantitative estimate of drug-likeness (QED) is 0.00795. The number of carbonyl (C=O) groups excluding carboxylic acids is 6. The molecule has 1 heterocycles. The van der Waals surface area contributed by atoms with Crippen molar-refractivity contribution >= 4 is 58.0 Å². The van der Waals surface area contributed by atoms with Crippen LogP contribution in [0, 0.1) is 107 Å². The van der Waals surface area contributed by atoms with Gasteiger partial charge in [0.25, 0.3) is 0 Å². The van der Waals surface area contributed by atoms with E-state index < -0.39 is 20.9 Å². The Labute approximate surface area is 621 Å². The standard InChI is InChI=1S/C28H40O5.C23H34O4.C23H32O4.C4H8O2.CH3I.2CH4.Mn.2O/c1-4-5-10-20(2)25(29)15-14-23-24-18-21(11-6-7-12-27(30)31-3)17-22(24)19-26(23)33-28-13-8-9-16-32-28;2*1-4-5-8-16(2)21(24)12-11-19-20-14-17(13-18(20)15-22(19)25)9-6-7-10-23(26)27-3;1-3-6-4(2)5;1-2;;;;;/h11,14-15,20,22-24,26,28H,6-10,12-13,16-19H2,1-3H3;9,11-12,16,18-22,24-25H,6-8,10,13-15H2,1-3H3;9,11-12,16,18-20,22,25H,6-8,10,13-15H2,1-3H3;3H2,1-2H3;1H3;2*1H4;;;/b15-14+,21-11+;2*12-11+,17-9+;;;;;;;/t20?,22?,23-,24+,26-,28?;16?,18?,19-,20+,21+,22-;16?,18?,19-,20+,22-;;;;;;;/m111......./s1. The Balaban J connectivity index is 0.00000136. The molecule has 0 bridgehead atoms. The van der Waals surface area contributed by atoms with E-state index in [2.05, 4.69) is 96.6 Å². The van der Waals surface area contributed by atoms with Crippen LogP contribution in [-0.2, 0) is 79.7 Å². The van der Waals surface area contributed by atoms with Gasteiger partial charge >= 0.3 is 46.4 Å². The normalized spacial score (nSPS) is 27.2. The van der Waals surface area contributed by atoms with Crippen LogP contribution in [0.1, 0.15) is 224 Å². The predicted molar refractivity (Wildman–Crippen MR) is 398 cm³/mol. The van der Waals surface area contributed by atoms with Crippen LogP contribution in [0.2, 0.25) is 0 Å². The molecule has 7 unspecified atom stereocenters. The van der Waals surface area contributed by atoms with E-state index in [0.29, 0.717) is 80.6 Å². The molecular formula is C81H125IMnO17. The number of allylic oxidation sites excluding steroid dienone is 8. The maximum atomic E-state index is 12.6. The minimum absolute atomic E-state index is 0. The van der Waals surface area contributed by atoms with Crippen molar-refractivity contribution in [2.24, 2.45) is 71.0 Å². The Morgan fingerprint density at radius 2 is 0.990 bits per heavy atom. The van der Waals surface area contributed by atoms with Crippen LogP contribution in [-0.4, -0.2) is 121 Å². The van der Waals surface area contributed by atoms with Crippen molar-refractivity contribution in [2.45, 2.75) is 255 Å². The number of aliphatic hydroxyl groups excluding tert-OH is 3. The number of hydrogen-bond acceptors (Lipinski definition) is 17. The summed E-state index contributed by atoms with van der Waals surface area (Å²) in [5, 5.41) is 31.2. The van der Waals surface area contributed by atoms with Gasteiger partial charge in [-0.05, 0) is 202 Å². The number of hydrogen-bond donors (Lipinski definition) is 3. The van der Waals surface area contributed by atoms with E-state index in [1.54, 1.807) is 26.0 Å². The molecule has 6 saturated carbocycles. The molecule has 7 rings (SSSR count). The summed E-state index contributed by atoms with van der Waals surface area (Å²) in [5.41, 5.74) is 4.36. The van der Waals surface area contributed by atoms with Gasteiger partial charge < -0.3 is 43.7 Å². The number of esters is 4. The minimum atomic E-state index is -1.44. The molecule has 0 amide bonds. The second-order valence-electron chi connectivity index (χ2n) is 26.6. The van der Waals surface area contributed by atoms with Gasteiger partial charge in [0.2, 0.25) is 0 Å². The Morgan fingerprint density at radius 3 is 1.36 bits per heavy atom. The topological polar surface area (TPSA) is 253 Å². The summed E-state index contributed by atoms with van der Waals surface area (Å²) >= 11 is 0.713. The fourth-order valence-electron chi connectivity index (χ4n) is 14.4. The van der Waals surface area contributed by atoms with Crippen LogP contribution in [0.4, 0.5) is 0 Å². The second-order valence-corrected chi connectivity index (χ2v) is 26.8. The number of ketones is 2. The van der Waals surface area contributed by atoms with Crippen molar-refractivity contribution in [2.75, 3.05) is 39.5 Å². The molecule has 6 aliphatic carbocycles. The van der Waals surface area contributed by atoms with Crippen LogP contribution < -0.4 is 0 Å². The molecule has 0 aromatic heterocycles. The number of methoxy groups -OCH3 is 3. The molecular weight excluding hydrogens is 1430 g/mol. The first-order valence-electron chi connectivity index (χ1n) is 35.4. The predicted octanol–water partition coefficient (Wildman–Crippen LogP) is 15.5. The van der Waals surface area contributed by atoms with E-state index in [0.717, 1.165) is 122 Å². The summed E-state index contributed by atoms with van der Waals surface area (Å²) in [6, 6.07) is 0. The molecule has 7 fully saturated rings. The van der Waals surface area contributed by atoms with Gasteiger partial charge in [0, 0.05) is 81.6 Å². The van der Waals surface area contributed by atoms with E-state index >= 15 is 0 Å². The molecule has 0 spiro atoms. The average Bonchev–Trinajstić information content (AvgIpc) is 1.66. The van der Waals surface area contributed by atoms with Crippen molar-refractivity contribution < 1.29 is 95.0 Å². The summed E-state index contributed by atoms with van der Waals surface area (Å²) in [6.45, 7) is 15.7. The zero-order valence-corrected chi connectivity index (χ0v) is 64.0. The number of carbonyl (C=O) groups is 6. The van der Waals surface area contributed by atoms with Crippen LogP contribution in [0.25, 0.3) is 0 Å². The van der Waals surface area contributed by atoms with Gasteiger partial charge in [-0.15, -0.1) is 35.5 Å². The molecule has 0 aromatic carbocycles. The Hall–Kier alpha value is -5.01. The van der Waals surface area contributed by atoms with Gasteiger partial charge in [-0.2, -0.15) is 0 Å². The second kappa shape index (κ2) is 55.5. The van der Waals surface area contributed by atoms with E-state index in [1.165, 1.54) is 45.0 Å². The third kappa shape index (κ3) is 35.9. The van der Waals surface area contributed by atoms with Crippen molar-refractivity contribution in [1.29, 1.82) is 0 Å². The number of unbranched alkanes of at least 4 members (excludes halogenated alkanes) is 3. The number of aliphatic hydroxyl groups is 3. The first kappa shape index (κ1) is 95.0. The van der Waals surface area contributed by atoms with E-state index in [9.17, 15) is 44.1 Å². The molecule has 100 heavy (non-hydrogen) atoms. The van der Waals surface area contributed by atoms with Crippen LogP contribution in [0.15, 0.2) is 71.4 Å². The van der Waals surface area contributed by atoms with Gasteiger partial charge in [0.15, 0.2) is 17.9 Å². The number of halogens is 1. The monoisotopic (exact) mass is 1550 g/mol. The van der Waals surface area contributed by atoms with Crippen LogP contribution in [0.5, 0.6) is 0 Å². The molecule has 565 valence electrons. The van der Waals surface area contributed by atoms with Gasteiger partial charge in [-0.3, -0.25) is 28.8 Å². The fraction of sp³-hybridized carbons (Fsp3) is 0.704. The Morgan fingerprint density at radius 1 is 0.600 bits per heavy atom. The first-order chi connectivity index (χ1) is 47.1. The van der Waals surface area contributed by atoms with E-state index in [4.69, 9.17) is 21.9 Å². The summed E-state index contributed by atoms with van der Waals surface area (Å²) in [7, 11) is 4.28. The zero-order chi connectivity index (χ0) is 73.0. The number of ether oxygens (including phenoxy) is 6. The third-order valence-electron chi connectivity index (χ3n) is 19.7. The van der Waals surface area contributed by atoms with E-state index in [-0.39, 0.29) is 110 Å². The number of alkyl halides is 1. The summed E-state index contributed by atoms with van der Waals surface area (Å²) in [5.74, 6) is 20.4. The van der Waals surface area contributed by atoms with Crippen LogP contribution in [0.3, 0.4) is 0 Å². The molecule has 17 nitrogen and oxygen atoms in total. The third-order valence-corrected chi connectivity index (χ3v) is 19.7. The van der Waals surface area contributed by atoms with Crippen molar-refractivity contribution in [1.82, 2.24) is 0 Å². The number of rotatable bonds is 27. The van der Waals surface area contributed by atoms with Crippen molar-refractivity contribution in [3.8, 4) is 35.5 Å². The fourth-order valence-corrected chi connectivity index (χ4v) is 14.4. The van der Waals surface area contributed by atoms with Gasteiger partial charge in [-0.25, -0.2) is 0 Å². The molecule has 0 aromatic rings. The molecule has 7 aliphatic rings. The average molecular weight is 1550 g/mol. The molecule has 19 heteroatoms. The molecule has 1 saturated heterocycles. The zero-order valence-electron chi connectivity index (χ0n) is 60.7. The van der Waals surface area contributed by atoms with Gasteiger partial charge in [0.1, 0.15) is 0 Å². The Bertz CT molecular complexity index is 2860. The summed E-state index contributed by atoms with van der Waals surface area (Å²) < 4.78 is 47.6. The number of fused-ring (bicyclic) bond motifs is 3. The maximum absolute atomic E-state index is 12.6. The van der Waals surface area contributed by atoms with Gasteiger partial charge in [0.05, 0.1) is 52.4 Å². The molecule has 0 radical (unpaired) electrons. The Kier molecular flexibility index (Phi) is 52.7. The molecule has 17 atom stereocenters. The van der Waals surface area contributed by atoms with Gasteiger partial charge in [-0.1, -0.05) is 117 Å². The van der Waals surface area contributed by atoms with Crippen molar-refractivity contribution in [3.05, 3.63) is 71.4 Å². The molecule has 1 aliphatic heterocycles. The van der Waals surface area contributed by atoms with Crippen LogP contribution >= 0.6 is 22.6 Å². The summed E-state index contributed by atoms with van der Waals surface area (Å²) in [4.78, 5) is 70.3. The van der Waals surface area contributed by atoms with E-state index in [1.807, 2.05) is 57.8 Å². The summed E-state index contributed by atoms with van der Waals surface area (Å²) in [6.07, 6.45) is 37.6.